The Morgan fingerprint density at radius 2 is 1.96 bits per heavy atom. The van der Waals surface area contributed by atoms with E-state index >= 15 is 0 Å². The summed E-state index contributed by atoms with van der Waals surface area (Å²) in [5.74, 6) is 0.307. The predicted octanol–water partition coefficient (Wildman–Crippen LogP) is 3.35. The Bertz CT molecular complexity index is 656. The lowest BCUT2D eigenvalue weighted by molar-refractivity contribution is 0.0474. The van der Waals surface area contributed by atoms with E-state index in [4.69, 9.17) is 0 Å². The summed E-state index contributed by atoms with van der Waals surface area (Å²) in [4.78, 5) is 19.9. The van der Waals surface area contributed by atoms with Gasteiger partial charge in [0.1, 0.15) is 0 Å². The van der Waals surface area contributed by atoms with Crippen LogP contribution in [-0.4, -0.2) is 34.0 Å². The molecule has 23 heavy (non-hydrogen) atoms. The molecule has 1 aliphatic heterocycles. The highest BCUT2D eigenvalue weighted by atomic mass is 32.1. The maximum atomic E-state index is 12.6. The van der Waals surface area contributed by atoms with E-state index in [0.717, 1.165) is 29.1 Å². The zero-order valence-corrected chi connectivity index (χ0v) is 14.3. The van der Waals surface area contributed by atoms with Crippen molar-refractivity contribution in [2.24, 2.45) is 5.92 Å². The van der Waals surface area contributed by atoms with Crippen molar-refractivity contribution in [2.45, 2.75) is 32.8 Å². The fourth-order valence-corrected chi connectivity index (χ4v) is 4.05. The summed E-state index contributed by atoms with van der Waals surface area (Å²) in [5.41, 5.74) is 2.46. The summed E-state index contributed by atoms with van der Waals surface area (Å²) in [7, 11) is 0. The van der Waals surface area contributed by atoms with Gasteiger partial charge in [-0.25, -0.2) is 0 Å². The zero-order valence-electron chi connectivity index (χ0n) is 13.5. The standard InChI is InChI=1S/C18H22N2O2S/c1-12-10-15(11-13(2)19-12)18(22)20-7-5-14(6-8-20)17(21)16-4-3-9-23-16/h3-4,9-11,14,17,21H,5-8H2,1-2H3. The van der Waals surface area contributed by atoms with Crippen LogP contribution in [0.3, 0.4) is 0 Å². The van der Waals surface area contributed by atoms with E-state index in [1.807, 2.05) is 48.4 Å². The Morgan fingerprint density at radius 1 is 1.30 bits per heavy atom. The van der Waals surface area contributed by atoms with Crippen LogP contribution in [-0.2, 0) is 0 Å². The molecule has 1 fully saturated rings. The molecule has 122 valence electrons. The molecule has 0 aliphatic carbocycles. The number of carbonyl (C=O) groups excluding carboxylic acids is 1. The molecule has 1 saturated heterocycles. The Labute approximate surface area is 140 Å². The Kier molecular flexibility index (Phi) is 4.78. The number of amides is 1. The van der Waals surface area contributed by atoms with Crippen molar-refractivity contribution in [3.8, 4) is 0 Å². The van der Waals surface area contributed by atoms with E-state index in [2.05, 4.69) is 4.98 Å². The first kappa shape index (κ1) is 16.1. The van der Waals surface area contributed by atoms with Crippen LogP contribution in [0.15, 0.2) is 29.6 Å². The van der Waals surface area contributed by atoms with Crippen molar-refractivity contribution in [1.29, 1.82) is 0 Å². The van der Waals surface area contributed by atoms with Crippen molar-refractivity contribution in [3.05, 3.63) is 51.5 Å². The van der Waals surface area contributed by atoms with Crippen molar-refractivity contribution in [1.82, 2.24) is 9.88 Å². The second kappa shape index (κ2) is 6.81. The molecule has 3 rings (SSSR count). The number of aryl methyl sites for hydroxylation is 2. The van der Waals surface area contributed by atoms with Gasteiger partial charge in [0, 0.05) is 34.9 Å². The number of aliphatic hydroxyl groups is 1. The minimum absolute atomic E-state index is 0.0719. The summed E-state index contributed by atoms with van der Waals surface area (Å²) >= 11 is 1.59. The fraction of sp³-hybridized carbons (Fsp3) is 0.444. The molecule has 2 aromatic rings. The molecular formula is C18H22N2O2S. The quantitative estimate of drug-likeness (QED) is 0.939. The molecule has 0 aromatic carbocycles. The molecule has 1 atom stereocenters. The fourth-order valence-electron chi connectivity index (χ4n) is 3.25. The van der Waals surface area contributed by atoms with Crippen LogP contribution in [0.2, 0.25) is 0 Å². The highest BCUT2D eigenvalue weighted by molar-refractivity contribution is 7.10. The molecule has 1 unspecified atom stereocenters. The summed E-state index contributed by atoms with van der Waals surface area (Å²) in [6, 6.07) is 7.65. The molecule has 5 heteroatoms. The number of rotatable bonds is 3. The molecule has 1 N–H and O–H groups in total. The maximum Gasteiger partial charge on any atom is 0.253 e. The summed E-state index contributed by atoms with van der Waals surface area (Å²) in [5, 5.41) is 12.4. The number of piperidine rings is 1. The minimum Gasteiger partial charge on any atom is -0.387 e. The topological polar surface area (TPSA) is 53.4 Å². The SMILES string of the molecule is Cc1cc(C(=O)N2CCC(C(O)c3cccs3)CC2)cc(C)n1. The maximum absolute atomic E-state index is 12.6. The smallest absolute Gasteiger partial charge is 0.253 e. The normalized spacial score (nSPS) is 17.3. The third-order valence-corrected chi connectivity index (χ3v) is 5.38. The van der Waals surface area contributed by atoms with E-state index in [9.17, 15) is 9.90 Å². The van der Waals surface area contributed by atoms with Gasteiger partial charge in [0.25, 0.3) is 5.91 Å². The van der Waals surface area contributed by atoms with E-state index in [1.165, 1.54) is 0 Å². The average Bonchev–Trinajstić information content (AvgIpc) is 3.07. The van der Waals surface area contributed by atoms with Gasteiger partial charge in [-0.15, -0.1) is 11.3 Å². The number of pyridine rings is 1. The van der Waals surface area contributed by atoms with Crippen LogP contribution in [0, 0.1) is 19.8 Å². The first-order chi connectivity index (χ1) is 11.0. The monoisotopic (exact) mass is 330 g/mol. The summed E-state index contributed by atoms with van der Waals surface area (Å²) in [6.07, 6.45) is 1.28. The van der Waals surface area contributed by atoms with Crippen LogP contribution in [0.5, 0.6) is 0 Å². The molecule has 0 spiro atoms. The van der Waals surface area contributed by atoms with Crippen LogP contribution >= 0.6 is 11.3 Å². The largest absolute Gasteiger partial charge is 0.387 e. The van der Waals surface area contributed by atoms with Crippen molar-refractivity contribution < 1.29 is 9.90 Å². The van der Waals surface area contributed by atoms with Gasteiger partial charge in [-0.2, -0.15) is 0 Å². The minimum atomic E-state index is -0.405. The van der Waals surface area contributed by atoms with Gasteiger partial charge in [-0.1, -0.05) is 6.07 Å². The number of carbonyl (C=O) groups is 1. The number of aromatic nitrogens is 1. The second-order valence-corrected chi connectivity index (χ2v) is 7.21. The molecule has 1 aliphatic rings. The molecule has 3 heterocycles. The van der Waals surface area contributed by atoms with E-state index < -0.39 is 6.10 Å². The first-order valence-electron chi connectivity index (χ1n) is 8.00. The summed E-state index contributed by atoms with van der Waals surface area (Å²) < 4.78 is 0. The van der Waals surface area contributed by atoms with Crippen LogP contribution in [0.25, 0.3) is 0 Å². The zero-order chi connectivity index (χ0) is 16.4. The van der Waals surface area contributed by atoms with E-state index in [1.54, 1.807) is 11.3 Å². The van der Waals surface area contributed by atoms with Gasteiger partial charge in [0.15, 0.2) is 0 Å². The third kappa shape index (κ3) is 3.62. The number of hydrogen-bond donors (Lipinski definition) is 1. The molecule has 0 radical (unpaired) electrons. The number of hydrogen-bond acceptors (Lipinski definition) is 4. The molecule has 2 aromatic heterocycles. The predicted molar refractivity (Wildman–Crippen MR) is 91.6 cm³/mol. The lowest BCUT2D eigenvalue weighted by atomic mass is 9.90. The molecule has 1 amide bonds. The number of thiophene rings is 1. The number of likely N-dealkylation sites (tertiary alicyclic amines) is 1. The Morgan fingerprint density at radius 3 is 2.52 bits per heavy atom. The number of aliphatic hydroxyl groups excluding tert-OH is 1. The molecule has 0 bridgehead atoms. The van der Waals surface area contributed by atoms with Crippen molar-refractivity contribution >= 4 is 17.2 Å². The number of nitrogens with zero attached hydrogens (tertiary/aromatic N) is 2. The highest BCUT2D eigenvalue weighted by Gasteiger charge is 2.29. The van der Waals surface area contributed by atoms with Gasteiger partial charge in [-0.05, 0) is 56.2 Å². The van der Waals surface area contributed by atoms with Gasteiger partial charge in [0.05, 0.1) is 6.10 Å². The lowest BCUT2D eigenvalue weighted by Gasteiger charge is -2.34. The first-order valence-corrected chi connectivity index (χ1v) is 8.88. The average molecular weight is 330 g/mol. The van der Waals surface area contributed by atoms with Crippen LogP contribution in [0.1, 0.15) is 45.6 Å². The van der Waals surface area contributed by atoms with Gasteiger partial charge >= 0.3 is 0 Å². The Hall–Kier alpha value is -1.72. The van der Waals surface area contributed by atoms with Crippen molar-refractivity contribution in [3.63, 3.8) is 0 Å². The van der Waals surface area contributed by atoms with Gasteiger partial charge in [0.2, 0.25) is 0 Å². The summed E-state index contributed by atoms with van der Waals surface area (Å²) in [6.45, 7) is 5.22. The second-order valence-electron chi connectivity index (χ2n) is 6.23. The molecule has 4 nitrogen and oxygen atoms in total. The van der Waals surface area contributed by atoms with E-state index in [0.29, 0.717) is 18.7 Å². The van der Waals surface area contributed by atoms with E-state index in [-0.39, 0.29) is 11.8 Å². The lowest BCUT2D eigenvalue weighted by Crippen LogP contribution is -2.39. The van der Waals surface area contributed by atoms with Gasteiger partial charge in [-0.3, -0.25) is 9.78 Å². The highest BCUT2D eigenvalue weighted by Crippen LogP contribution is 2.33. The Balaban J connectivity index is 1.63. The third-order valence-electron chi connectivity index (χ3n) is 4.44. The van der Waals surface area contributed by atoms with Crippen LogP contribution < -0.4 is 0 Å². The van der Waals surface area contributed by atoms with Crippen molar-refractivity contribution in [2.75, 3.05) is 13.1 Å². The van der Waals surface area contributed by atoms with Gasteiger partial charge < -0.3 is 10.0 Å². The molecular weight excluding hydrogens is 308 g/mol. The van der Waals surface area contributed by atoms with Crippen LogP contribution in [0.4, 0.5) is 0 Å². The molecule has 0 saturated carbocycles.